The predicted molar refractivity (Wildman–Crippen MR) is 58.3 cm³/mol. The molecular weight excluding hydrogens is 224 g/mol. The molecule has 1 rings (SSSR count). The van der Waals surface area contributed by atoms with Crippen molar-refractivity contribution in [3.63, 3.8) is 0 Å². The first-order valence-corrected chi connectivity index (χ1v) is 5.08. The van der Waals surface area contributed by atoms with Crippen LogP contribution < -0.4 is 0 Å². The number of hydrogen-bond donors (Lipinski definition) is 1. The molecule has 0 atom stereocenters. The molecule has 0 aliphatic carbocycles. The summed E-state index contributed by atoms with van der Waals surface area (Å²) in [7, 11) is 0. The number of esters is 1. The number of carbonyl (C=O) groups is 2. The lowest BCUT2D eigenvalue weighted by atomic mass is 10.3. The third-order valence-corrected chi connectivity index (χ3v) is 2.24. The highest BCUT2D eigenvalue weighted by Crippen LogP contribution is 2.08. The number of rotatable bonds is 4. The van der Waals surface area contributed by atoms with E-state index in [1.807, 2.05) is 13.8 Å². The molecule has 0 bridgehead atoms. The average molecular weight is 238 g/mol. The molecule has 0 radical (unpaired) electrons. The summed E-state index contributed by atoms with van der Waals surface area (Å²) < 4.78 is 4.79. The summed E-state index contributed by atoms with van der Waals surface area (Å²) in [6.45, 7) is 5.37. The summed E-state index contributed by atoms with van der Waals surface area (Å²) in [5.74, 6) is -1.99. The number of aliphatic carboxylic acids is 1. The quantitative estimate of drug-likeness (QED) is 0.619. The first-order valence-electron chi connectivity index (χ1n) is 5.08. The zero-order chi connectivity index (χ0) is 13.0. The molecule has 0 unspecified atom stereocenters. The molecular formula is C11H14N2O4. The predicted octanol–water partition coefficient (Wildman–Crippen LogP) is 0.920. The van der Waals surface area contributed by atoms with Crippen molar-refractivity contribution in [2.75, 3.05) is 0 Å². The van der Waals surface area contributed by atoms with Crippen molar-refractivity contribution in [1.82, 2.24) is 9.97 Å². The molecule has 1 aromatic heterocycles. The molecule has 0 spiro atoms. The molecule has 0 fully saturated rings. The van der Waals surface area contributed by atoms with Crippen LogP contribution in [-0.4, -0.2) is 27.0 Å². The molecule has 92 valence electrons. The van der Waals surface area contributed by atoms with Crippen LogP contribution in [-0.2, 0) is 20.9 Å². The normalized spacial score (nSPS) is 10.1. The average Bonchev–Trinajstić information content (AvgIpc) is 2.20. The molecule has 6 heteroatoms. The SMILES string of the molecule is Cc1nc(C)c(COC(=O)CC(=O)O)nc1C. The number of aryl methyl sites for hydroxylation is 3. The van der Waals surface area contributed by atoms with Gasteiger partial charge in [0, 0.05) is 0 Å². The number of hydrogen-bond acceptors (Lipinski definition) is 5. The Kier molecular flexibility index (Phi) is 4.14. The molecule has 1 aromatic rings. The smallest absolute Gasteiger partial charge is 0.317 e. The summed E-state index contributed by atoms with van der Waals surface area (Å²) in [6.07, 6.45) is -0.642. The van der Waals surface area contributed by atoms with Gasteiger partial charge in [-0.15, -0.1) is 0 Å². The minimum absolute atomic E-state index is 0.0495. The van der Waals surface area contributed by atoms with Crippen LogP contribution in [0.4, 0.5) is 0 Å². The Bertz CT molecular complexity index is 457. The number of carboxylic acid groups (broad SMARTS) is 1. The van der Waals surface area contributed by atoms with Crippen molar-refractivity contribution in [1.29, 1.82) is 0 Å². The molecule has 0 aliphatic rings. The molecule has 0 aromatic carbocycles. The second-order valence-electron chi connectivity index (χ2n) is 3.66. The molecule has 1 N–H and O–H groups in total. The van der Waals surface area contributed by atoms with E-state index in [9.17, 15) is 9.59 Å². The van der Waals surface area contributed by atoms with Gasteiger partial charge in [-0.1, -0.05) is 0 Å². The van der Waals surface area contributed by atoms with Crippen molar-refractivity contribution in [3.05, 3.63) is 22.8 Å². The Balaban J connectivity index is 2.66. The highest BCUT2D eigenvalue weighted by atomic mass is 16.5. The van der Waals surface area contributed by atoms with Crippen LogP contribution >= 0.6 is 0 Å². The summed E-state index contributed by atoms with van der Waals surface area (Å²) in [6, 6.07) is 0. The molecule has 0 saturated heterocycles. The molecule has 1 heterocycles. The fraction of sp³-hybridized carbons (Fsp3) is 0.455. The van der Waals surface area contributed by atoms with E-state index in [1.165, 1.54) is 0 Å². The van der Waals surface area contributed by atoms with Gasteiger partial charge in [-0.25, -0.2) is 0 Å². The zero-order valence-electron chi connectivity index (χ0n) is 9.98. The Morgan fingerprint density at radius 2 is 1.71 bits per heavy atom. The van der Waals surface area contributed by atoms with E-state index in [-0.39, 0.29) is 6.61 Å². The van der Waals surface area contributed by atoms with E-state index < -0.39 is 18.4 Å². The Hall–Kier alpha value is -1.98. The van der Waals surface area contributed by atoms with Gasteiger partial charge < -0.3 is 9.84 Å². The third kappa shape index (κ3) is 3.82. The van der Waals surface area contributed by atoms with Crippen LogP contribution in [0.25, 0.3) is 0 Å². The van der Waals surface area contributed by atoms with Gasteiger partial charge >= 0.3 is 11.9 Å². The Labute approximate surface area is 98.7 Å². The summed E-state index contributed by atoms with van der Waals surface area (Å²) in [5, 5.41) is 8.39. The van der Waals surface area contributed by atoms with Gasteiger partial charge in [0.2, 0.25) is 0 Å². The lowest BCUT2D eigenvalue weighted by Crippen LogP contribution is -2.12. The van der Waals surface area contributed by atoms with Crippen molar-refractivity contribution in [3.8, 4) is 0 Å². The highest BCUT2D eigenvalue weighted by Gasteiger charge is 2.11. The minimum atomic E-state index is -1.21. The van der Waals surface area contributed by atoms with Gasteiger partial charge in [-0.2, -0.15) is 0 Å². The standard InChI is InChI=1S/C11H14N2O4/c1-6-7(2)13-9(8(3)12-6)5-17-11(16)4-10(14)15/h4-5H2,1-3H3,(H,14,15). The van der Waals surface area contributed by atoms with Gasteiger partial charge in [0.05, 0.1) is 22.8 Å². The number of nitrogens with zero attached hydrogens (tertiary/aromatic N) is 2. The number of ether oxygens (including phenoxy) is 1. The van der Waals surface area contributed by atoms with E-state index >= 15 is 0 Å². The van der Waals surface area contributed by atoms with Gasteiger partial charge in [0.1, 0.15) is 13.0 Å². The van der Waals surface area contributed by atoms with E-state index in [0.29, 0.717) is 11.4 Å². The maximum atomic E-state index is 11.0. The van der Waals surface area contributed by atoms with Crippen LogP contribution in [0.15, 0.2) is 0 Å². The first-order chi connectivity index (χ1) is 7.90. The largest absolute Gasteiger partial charge is 0.481 e. The van der Waals surface area contributed by atoms with E-state index in [0.717, 1.165) is 11.4 Å². The van der Waals surface area contributed by atoms with Gasteiger partial charge in [0.15, 0.2) is 0 Å². The van der Waals surface area contributed by atoms with Gasteiger partial charge in [-0.3, -0.25) is 19.6 Å². The van der Waals surface area contributed by atoms with Crippen molar-refractivity contribution in [2.45, 2.75) is 33.8 Å². The summed E-state index contributed by atoms with van der Waals surface area (Å²) >= 11 is 0. The fourth-order valence-corrected chi connectivity index (χ4v) is 1.22. The lowest BCUT2D eigenvalue weighted by molar-refractivity contribution is -0.152. The number of aromatic nitrogens is 2. The molecule has 0 aliphatic heterocycles. The maximum absolute atomic E-state index is 11.0. The second kappa shape index (κ2) is 5.38. The van der Waals surface area contributed by atoms with Crippen LogP contribution in [0.5, 0.6) is 0 Å². The topological polar surface area (TPSA) is 89.4 Å². The number of carbonyl (C=O) groups excluding carboxylic acids is 1. The van der Waals surface area contributed by atoms with Gasteiger partial charge in [-0.05, 0) is 20.8 Å². The molecule has 6 nitrogen and oxygen atoms in total. The summed E-state index contributed by atoms with van der Waals surface area (Å²) in [4.78, 5) is 29.8. The van der Waals surface area contributed by atoms with Crippen LogP contribution in [0.3, 0.4) is 0 Å². The van der Waals surface area contributed by atoms with Crippen LogP contribution in [0, 0.1) is 20.8 Å². The van der Waals surface area contributed by atoms with Crippen molar-refractivity contribution >= 4 is 11.9 Å². The van der Waals surface area contributed by atoms with Crippen molar-refractivity contribution < 1.29 is 19.4 Å². The third-order valence-electron chi connectivity index (χ3n) is 2.24. The molecule has 17 heavy (non-hydrogen) atoms. The fourth-order valence-electron chi connectivity index (χ4n) is 1.22. The van der Waals surface area contributed by atoms with E-state index in [1.54, 1.807) is 6.92 Å². The Morgan fingerprint density at radius 1 is 1.12 bits per heavy atom. The lowest BCUT2D eigenvalue weighted by Gasteiger charge is -2.08. The second-order valence-corrected chi connectivity index (χ2v) is 3.66. The van der Waals surface area contributed by atoms with Crippen LogP contribution in [0.2, 0.25) is 0 Å². The van der Waals surface area contributed by atoms with Crippen molar-refractivity contribution in [2.24, 2.45) is 0 Å². The Morgan fingerprint density at radius 3 is 2.29 bits per heavy atom. The maximum Gasteiger partial charge on any atom is 0.317 e. The van der Waals surface area contributed by atoms with E-state index in [4.69, 9.17) is 9.84 Å². The highest BCUT2D eigenvalue weighted by molar-refractivity contribution is 5.90. The first kappa shape index (κ1) is 13.1. The van der Waals surface area contributed by atoms with E-state index in [2.05, 4.69) is 9.97 Å². The summed E-state index contributed by atoms with van der Waals surface area (Å²) in [5.41, 5.74) is 2.81. The van der Waals surface area contributed by atoms with Crippen LogP contribution in [0.1, 0.15) is 29.2 Å². The number of carboxylic acids is 1. The molecule has 0 saturated carbocycles. The zero-order valence-corrected chi connectivity index (χ0v) is 9.98. The van der Waals surface area contributed by atoms with Gasteiger partial charge in [0.25, 0.3) is 0 Å². The minimum Gasteiger partial charge on any atom is -0.481 e. The molecule has 0 amide bonds. The monoisotopic (exact) mass is 238 g/mol.